The van der Waals surface area contributed by atoms with E-state index in [1.165, 1.54) is 18.3 Å². The minimum atomic E-state index is -1.13. The summed E-state index contributed by atoms with van der Waals surface area (Å²) in [6.07, 6.45) is 1.44. The summed E-state index contributed by atoms with van der Waals surface area (Å²) in [5, 5.41) is 17.7. The summed E-state index contributed by atoms with van der Waals surface area (Å²) >= 11 is 0.913. The predicted molar refractivity (Wildman–Crippen MR) is 73.9 cm³/mol. The molecular weight excluding hydrogens is 278 g/mol. The summed E-state index contributed by atoms with van der Waals surface area (Å²) in [4.78, 5) is 26.5. The molecule has 102 valence electrons. The highest BCUT2D eigenvalue weighted by atomic mass is 32.2. The van der Waals surface area contributed by atoms with Crippen LogP contribution in [0.4, 0.5) is 0 Å². The van der Waals surface area contributed by atoms with Gasteiger partial charge in [-0.05, 0) is 17.7 Å². The molecule has 6 heteroatoms. The van der Waals surface area contributed by atoms with E-state index < -0.39 is 17.2 Å². The molecule has 0 spiro atoms. The van der Waals surface area contributed by atoms with Gasteiger partial charge < -0.3 is 10.2 Å². The van der Waals surface area contributed by atoms with Crippen molar-refractivity contribution < 1.29 is 19.8 Å². The molecule has 1 aromatic carbocycles. The van der Waals surface area contributed by atoms with Crippen LogP contribution in [0.2, 0.25) is 0 Å². The van der Waals surface area contributed by atoms with Crippen LogP contribution in [0.15, 0.2) is 53.7 Å². The van der Waals surface area contributed by atoms with E-state index in [1.807, 2.05) is 0 Å². The Morgan fingerprint density at radius 1 is 1.05 bits per heavy atom. The number of hydrogen-bond donors (Lipinski definition) is 2. The Labute approximate surface area is 119 Å². The normalized spacial score (nSPS) is 11.8. The molecule has 1 heterocycles. The lowest BCUT2D eigenvalue weighted by Gasteiger charge is -2.12. The monoisotopic (exact) mass is 289 g/mol. The van der Waals surface area contributed by atoms with Crippen LogP contribution in [-0.4, -0.2) is 27.1 Å². The number of pyridine rings is 1. The summed E-state index contributed by atoms with van der Waals surface area (Å²) < 4.78 is 0. The van der Waals surface area contributed by atoms with E-state index in [1.54, 1.807) is 30.3 Å². The second-order valence-electron chi connectivity index (χ2n) is 3.91. The molecular formula is C14H11NO4S. The Morgan fingerprint density at radius 3 is 2.35 bits per heavy atom. The SMILES string of the molecule is O=C(O)c1cccnc1S[C@H](C(=O)O)c1ccccc1. The lowest BCUT2D eigenvalue weighted by molar-refractivity contribution is -0.136. The average Bonchev–Trinajstić information content (AvgIpc) is 2.45. The van der Waals surface area contributed by atoms with Crippen LogP contribution in [-0.2, 0) is 4.79 Å². The molecule has 0 fully saturated rings. The van der Waals surface area contributed by atoms with Crippen molar-refractivity contribution in [3.8, 4) is 0 Å². The van der Waals surface area contributed by atoms with Crippen molar-refractivity contribution in [3.05, 3.63) is 59.8 Å². The number of thioether (sulfide) groups is 1. The van der Waals surface area contributed by atoms with Crippen LogP contribution in [0, 0.1) is 0 Å². The number of carboxylic acids is 2. The number of aliphatic carboxylic acids is 1. The number of carboxylic acid groups (broad SMARTS) is 2. The third kappa shape index (κ3) is 3.16. The first-order valence-electron chi connectivity index (χ1n) is 5.72. The lowest BCUT2D eigenvalue weighted by atomic mass is 10.1. The van der Waals surface area contributed by atoms with E-state index in [9.17, 15) is 14.7 Å². The molecule has 1 aromatic heterocycles. The molecule has 0 amide bonds. The molecule has 2 rings (SSSR count). The van der Waals surface area contributed by atoms with Crippen molar-refractivity contribution in [3.63, 3.8) is 0 Å². The van der Waals surface area contributed by atoms with E-state index in [2.05, 4.69) is 4.98 Å². The van der Waals surface area contributed by atoms with Gasteiger partial charge in [-0.15, -0.1) is 0 Å². The zero-order valence-electron chi connectivity index (χ0n) is 10.3. The van der Waals surface area contributed by atoms with E-state index in [-0.39, 0.29) is 10.6 Å². The highest BCUT2D eigenvalue weighted by Gasteiger charge is 2.24. The average molecular weight is 289 g/mol. The molecule has 0 unspecified atom stereocenters. The number of hydrogen-bond acceptors (Lipinski definition) is 4. The number of nitrogens with zero attached hydrogens (tertiary/aromatic N) is 1. The molecule has 0 bridgehead atoms. The number of rotatable bonds is 5. The molecule has 0 aliphatic carbocycles. The molecule has 5 nitrogen and oxygen atoms in total. The van der Waals surface area contributed by atoms with Crippen molar-refractivity contribution in [1.29, 1.82) is 0 Å². The van der Waals surface area contributed by atoms with Crippen molar-refractivity contribution >= 4 is 23.7 Å². The number of benzene rings is 1. The fraction of sp³-hybridized carbons (Fsp3) is 0.0714. The van der Waals surface area contributed by atoms with E-state index in [0.717, 1.165) is 11.8 Å². The Bertz CT molecular complexity index is 630. The highest BCUT2D eigenvalue weighted by molar-refractivity contribution is 8.00. The zero-order chi connectivity index (χ0) is 14.5. The Kier molecular flexibility index (Phi) is 4.37. The predicted octanol–water partition coefficient (Wildman–Crippen LogP) is 2.70. The summed E-state index contributed by atoms with van der Waals surface area (Å²) in [6.45, 7) is 0. The van der Waals surface area contributed by atoms with Gasteiger partial charge in [-0.2, -0.15) is 0 Å². The fourth-order valence-corrected chi connectivity index (χ4v) is 2.67. The molecule has 2 N–H and O–H groups in total. The Morgan fingerprint density at radius 2 is 1.75 bits per heavy atom. The van der Waals surface area contributed by atoms with Gasteiger partial charge in [-0.25, -0.2) is 9.78 Å². The minimum absolute atomic E-state index is 0.000295. The highest BCUT2D eigenvalue weighted by Crippen LogP contribution is 2.35. The smallest absolute Gasteiger partial charge is 0.338 e. The van der Waals surface area contributed by atoms with Gasteiger partial charge in [0.25, 0.3) is 0 Å². The van der Waals surface area contributed by atoms with Gasteiger partial charge in [0.2, 0.25) is 0 Å². The van der Waals surface area contributed by atoms with Gasteiger partial charge in [0.1, 0.15) is 10.3 Å². The van der Waals surface area contributed by atoms with Crippen molar-refractivity contribution in [2.45, 2.75) is 10.3 Å². The van der Waals surface area contributed by atoms with Gasteiger partial charge in [-0.1, -0.05) is 42.1 Å². The summed E-state index contributed by atoms with van der Waals surface area (Å²) in [5.74, 6) is -2.17. The third-order valence-electron chi connectivity index (χ3n) is 2.56. The van der Waals surface area contributed by atoms with Crippen LogP contribution >= 0.6 is 11.8 Å². The zero-order valence-corrected chi connectivity index (χ0v) is 11.1. The van der Waals surface area contributed by atoms with Gasteiger partial charge >= 0.3 is 11.9 Å². The lowest BCUT2D eigenvalue weighted by Crippen LogP contribution is -2.09. The summed E-state index contributed by atoms with van der Waals surface area (Å²) in [5.41, 5.74) is 0.590. The maximum Gasteiger partial charge on any atom is 0.338 e. The molecule has 0 aliphatic heterocycles. The largest absolute Gasteiger partial charge is 0.480 e. The number of carbonyl (C=O) groups is 2. The second kappa shape index (κ2) is 6.21. The first-order chi connectivity index (χ1) is 9.59. The first kappa shape index (κ1) is 14.1. The van der Waals surface area contributed by atoms with E-state index in [4.69, 9.17) is 5.11 Å². The van der Waals surface area contributed by atoms with E-state index >= 15 is 0 Å². The van der Waals surface area contributed by atoms with Gasteiger partial charge in [-0.3, -0.25) is 4.79 Å². The maximum atomic E-state index is 11.4. The van der Waals surface area contributed by atoms with Crippen molar-refractivity contribution in [2.24, 2.45) is 0 Å². The molecule has 0 saturated carbocycles. The topological polar surface area (TPSA) is 87.5 Å². The molecule has 1 atom stereocenters. The van der Waals surface area contributed by atoms with Crippen LogP contribution in [0.1, 0.15) is 21.2 Å². The van der Waals surface area contributed by atoms with Crippen LogP contribution in [0.3, 0.4) is 0 Å². The van der Waals surface area contributed by atoms with Crippen LogP contribution in [0.25, 0.3) is 0 Å². The van der Waals surface area contributed by atoms with Crippen LogP contribution in [0.5, 0.6) is 0 Å². The number of aromatic carboxylic acids is 1. The Hall–Kier alpha value is -2.34. The van der Waals surface area contributed by atoms with Crippen molar-refractivity contribution in [2.75, 3.05) is 0 Å². The molecule has 0 aliphatic rings. The number of aromatic nitrogens is 1. The van der Waals surface area contributed by atoms with Gasteiger partial charge in [0.05, 0.1) is 5.56 Å². The van der Waals surface area contributed by atoms with Crippen LogP contribution < -0.4 is 0 Å². The van der Waals surface area contributed by atoms with Crippen molar-refractivity contribution in [1.82, 2.24) is 4.98 Å². The fourth-order valence-electron chi connectivity index (χ4n) is 1.65. The second-order valence-corrected chi connectivity index (χ2v) is 5.00. The minimum Gasteiger partial charge on any atom is -0.480 e. The molecule has 20 heavy (non-hydrogen) atoms. The standard InChI is InChI=1S/C14H11NO4S/c16-13(17)10-7-4-8-15-12(10)20-11(14(18)19)9-5-2-1-3-6-9/h1-8,11H,(H,16,17)(H,18,19)/t11-/m0/s1. The van der Waals surface area contributed by atoms with E-state index in [0.29, 0.717) is 5.56 Å². The first-order valence-corrected chi connectivity index (χ1v) is 6.60. The quantitative estimate of drug-likeness (QED) is 0.823. The van der Waals surface area contributed by atoms with Gasteiger partial charge in [0, 0.05) is 6.20 Å². The third-order valence-corrected chi connectivity index (χ3v) is 3.82. The molecule has 0 saturated heterocycles. The molecule has 2 aromatic rings. The Balaban J connectivity index is 2.35. The summed E-state index contributed by atoms with van der Waals surface area (Å²) in [7, 11) is 0. The maximum absolute atomic E-state index is 11.4. The van der Waals surface area contributed by atoms with Gasteiger partial charge in [0.15, 0.2) is 0 Å². The summed E-state index contributed by atoms with van der Waals surface area (Å²) in [6, 6.07) is 11.6. The molecule has 0 radical (unpaired) electrons.